The van der Waals surface area contributed by atoms with Gasteiger partial charge >= 0.3 is 6.18 Å². The topological polar surface area (TPSA) is 37.0 Å². The van der Waals surface area contributed by atoms with Crippen molar-refractivity contribution in [2.75, 3.05) is 17.2 Å². The lowest BCUT2D eigenvalue weighted by Gasteiger charge is -2.20. The molecule has 0 saturated heterocycles. The number of halogens is 3. The molecule has 0 bridgehead atoms. The number of nitrogens with zero attached hydrogens (tertiary/aromatic N) is 1. The third-order valence-electron chi connectivity index (χ3n) is 3.90. The highest BCUT2D eigenvalue weighted by atomic mass is 19.4. The van der Waals surface area contributed by atoms with Gasteiger partial charge in [-0.2, -0.15) is 13.2 Å². The fourth-order valence-corrected chi connectivity index (χ4v) is 2.66. The first kappa shape index (κ1) is 15.9. The lowest BCUT2D eigenvalue weighted by molar-refractivity contribution is -0.137. The smallest absolute Gasteiger partial charge is 0.370 e. The van der Waals surface area contributed by atoms with Crippen LogP contribution in [0.5, 0.6) is 0 Å². The van der Waals surface area contributed by atoms with Gasteiger partial charge in [0.1, 0.15) is 11.6 Å². The Labute approximate surface area is 123 Å². The van der Waals surface area contributed by atoms with Gasteiger partial charge < -0.3 is 10.6 Å². The van der Waals surface area contributed by atoms with Crippen molar-refractivity contribution < 1.29 is 13.2 Å². The van der Waals surface area contributed by atoms with E-state index in [4.69, 9.17) is 0 Å². The molecule has 0 radical (unpaired) electrons. The van der Waals surface area contributed by atoms with E-state index in [0.717, 1.165) is 37.8 Å². The number of hydrogen-bond acceptors (Lipinski definition) is 3. The van der Waals surface area contributed by atoms with E-state index in [2.05, 4.69) is 22.5 Å². The predicted molar refractivity (Wildman–Crippen MR) is 78.4 cm³/mol. The lowest BCUT2D eigenvalue weighted by Crippen LogP contribution is -2.23. The van der Waals surface area contributed by atoms with Crippen LogP contribution in [-0.4, -0.2) is 17.6 Å². The van der Waals surface area contributed by atoms with Crippen molar-refractivity contribution in [1.29, 1.82) is 0 Å². The summed E-state index contributed by atoms with van der Waals surface area (Å²) < 4.78 is 38.9. The molecule has 1 saturated carbocycles. The number of aromatic nitrogens is 1. The summed E-state index contributed by atoms with van der Waals surface area (Å²) in [5.74, 6) is 1.05. The molecule has 2 unspecified atom stereocenters. The van der Waals surface area contributed by atoms with Gasteiger partial charge in [0, 0.05) is 12.6 Å². The quantitative estimate of drug-likeness (QED) is 0.839. The second kappa shape index (κ2) is 6.54. The summed E-state index contributed by atoms with van der Waals surface area (Å²) >= 11 is 0. The molecule has 1 heterocycles. The van der Waals surface area contributed by atoms with Gasteiger partial charge in [-0.25, -0.2) is 4.98 Å². The fraction of sp³-hybridized carbons (Fsp3) is 0.667. The van der Waals surface area contributed by atoms with Gasteiger partial charge in [-0.1, -0.05) is 20.3 Å². The second-order valence-electron chi connectivity index (χ2n) is 5.71. The molecule has 2 atom stereocenters. The summed E-state index contributed by atoms with van der Waals surface area (Å²) in [6, 6.07) is 2.38. The van der Waals surface area contributed by atoms with Gasteiger partial charge in [0.25, 0.3) is 0 Å². The normalized spacial score (nSPS) is 22.3. The minimum Gasteiger partial charge on any atom is -0.370 e. The van der Waals surface area contributed by atoms with Crippen LogP contribution in [0.3, 0.4) is 0 Å². The van der Waals surface area contributed by atoms with Crippen LogP contribution >= 0.6 is 0 Å². The molecule has 6 heteroatoms. The highest BCUT2D eigenvalue weighted by Gasteiger charge is 2.32. The molecule has 1 aromatic heterocycles. The average molecular weight is 301 g/mol. The molecular formula is C15H22F3N3. The van der Waals surface area contributed by atoms with Gasteiger partial charge in [-0.05, 0) is 37.3 Å². The highest BCUT2D eigenvalue weighted by molar-refractivity contribution is 5.50. The van der Waals surface area contributed by atoms with Crippen LogP contribution in [-0.2, 0) is 6.18 Å². The molecule has 0 aliphatic heterocycles. The van der Waals surface area contributed by atoms with Crippen LogP contribution in [0.2, 0.25) is 0 Å². The van der Waals surface area contributed by atoms with E-state index in [-0.39, 0.29) is 11.9 Å². The Hall–Kier alpha value is -1.46. The van der Waals surface area contributed by atoms with Gasteiger partial charge in [0.05, 0.1) is 5.56 Å². The maximum atomic E-state index is 13.0. The fourth-order valence-electron chi connectivity index (χ4n) is 2.66. The van der Waals surface area contributed by atoms with E-state index in [1.54, 1.807) is 0 Å². The van der Waals surface area contributed by atoms with E-state index in [1.807, 2.05) is 6.92 Å². The molecule has 118 valence electrons. The molecule has 0 aromatic carbocycles. The Balaban J connectivity index is 2.22. The van der Waals surface area contributed by atoms with E-state index in [1.165, 1.54) is 0 Å². The standard InChI is InChI=1S/C15H22F3N3/c1-3-7-19-13-8-11(15(16,17)18)9-14(21-13)20-12-6-4-5-10(12)2/h8-10,12H,3-7H2,1-2H3,(H2,19,20,21). The van der Waals surface area contributed by atoms with Crippen molar-refractivity contribution in [3.63, 3.8) is 0 Å². The van der Waals surface area contributed by atoms with Crippen molar-refractivity contribution in [2.45, 2.75) is 51.7 Å². The minimum atomic E-state index is -4.36. The van der Waals surface area contributed by atoms with Crippen LogP contribution in [0.15, 0.2) is 12.1 Å². The largest absolute Gasteiger partial charge is 0.416 e. The number of anilines is 2. The molecule has 2 N–H and O–H groups in total. The summed E-state index contributed by atoms with van der Waals surface area (Å²) in [4.78, 5) is 4.26. The lowest BCUT2D eigenvalue weighted by atomic mass is 10.1. The summed E-state index contributed by atoms with van der Waals surface area (Å²) in [7, 11) is 0. The Morgan fingerprint density at radius 3 is 2.52 bits per heavy atom. The number of hydrogen-bond donors (Lipinski definition) is 2. The molecule has 1 fully saturated rings. The zero-order chi connectivity index (χ0) is 15.5. The van der Waals surface area contributed by atoms with Crippen molar-refractivity contribution in [3.05, 3.63) is 17.7 Å². The van der Waals surface area contributed by atoms with Crippen LogP contribution in [0, 0.1) is 5.92 Å². The molecule has 3 nitrogen and oxygen atoms in total. The maximum absolute atomic E-state index is 13.0. The highest BCUT2D eigenvalue weighted by Crippen LogP contribution is 2.33. The number of alkyl halides is 3. The molecule has 0 spiro atoms. The Bertz CT molecular complexity index is 474. The minimum absolute atomic E-state index is 0.208. The monoisotopic (exact) mass is 301 g/mol. The van der Waals surface area contributed by atoms with Crippen molar-refractivity contribution >= 4 is 11.6 Å². The predicted octanol–water partition coefficient (Wildman–Crippen LogP) is 4.52. The first-order chi connectivity index (χ1) is 9.90. The van der Waals surface area contributed by atoms with E-state index in [0.29, 0.717) is 18.3 Å². The average Bonchev–Trinajstić information content (AvgIpc) is 2.81. The second-order valence-corrected chi connectivity index (χ2v) is 5.71. The molecular weight excluding hydrogens is 279 g/mol. The first-order valence-electron chi connectivity index (χ1n) is 7.50. The van der Waals surface area contributed by atoms with Crippen molar-refractivity contribution in [2.24, 2.45) is 5.92 Å². The van der Waals surface area contributed by atoms with E-state index >= 15 is 0 Å². The summed E-state index contributed by atoms with van der Waals surface area (Å²) in [5, 5.41) is 6.10. The van der Waals surface area contributed by atoms with Gasteiger partial charge in [0.15, 0.2) is 0 Å². The zero-order valence-corrected chi connectivity index (χ0v) is 12.4. The van der Waals surface area contributed by atoms with Crippen LogP contribution in [0.1, 0.15) is 45.1 Å². The molecule has 2 rings (SSSR count). The Morgan fingerprint density at radius 1 is 1.24 bits per heavy atom. The number of nitrogens with one attached hydrogen (secondary N) is 2. The van der Waals surface area contributed by atoms with Gasteiger partial charge in [0.2, 0.25) is 0 Å². The van der Waals surface area contributed by atoms with Crippen LogP contribution in [0.25, 0.3) is 0 Å². The molecule has 1 aliphatic rings. The number of rotatable bonds is 5. The van der Waals surface area contributed by atoms with E-state index < -0.39 is 11.7 Å². The summed E-state index contributed by atoms with van der Waals surface area (Å²) in [5.41, 5.74) is -0.663. The third kappa shape index (κ3) is 4.25. The SMILES string of the molecule is CCCNc1cc(C(F)(F)F)cc(NC2CCCC2C)n1. The Morgan fingerprint density at radius 2 is 1.95 bits per heavy atom. The van der Waals surface area contributed by atoms with Gasteiger partial charge in [-0.15, -0.1) is 0 Å². The van der Waals surface area contributed by atoms with E-state index in [9.17, 15) is 13.2 Å². The third-order valence-corrected chi connectivity index (χ3v) is 3.90. The Kier molecular flexibility index (Phi) is 4.96. The van der Waals surface area contributed by atoms with Crippen LogP contribution < -0.4 is 10.6 Å². The first-order valence-corrected chi connectivity index (χ1v) is 7.50. The maximum Gasteiger partial charge on any atom is 0.416 e. The van der Waals surface area contributed by atoms with Crippen LogP contribution in [0.4, 0.5) is 24.8 Å². The molecule has 1 aromatic rings. The van der Waals surface area contributed by atoms with Crippen molar-refractivity contribution in [3.8, 4) is 0 Å². The molecule has 0 amide bonds. The zero-order valence-electron chi connectivity index (χ0n) is 12.4. The summed E-state index contributed by atoms with van der Waals surface area (Å²) in [6.45, 7) is 4.68. The number of pyridine rings is 1. The molecule has 21 heavy (non-hydrogen) atoms. The van der Waals surface area contributed by atoms with Gasteiger partial charge in [-0.3, -0.25) is 0 Å². The summed E-state index contributed by atoms with van der Waals surface area (Å²) in [6.07, 6.45) is -0.323. The molecule has 1 aliphatic carbocycles. The van der Waals surface area contributed by atoms with Crippen molar-refractivity contribution in [1.82, 2.24) is 4.98 Å².